The van der Waals surface area contributed by atoms with Gasteiger partial charge in [0.25, 0.3) is 0 Å². The van der Waals surface area contributed by atoms with Gasteiger partial charge in [0.1, 0.15) is 5.82 Å². The topological polar surface area (TPSA) is 69.7 Å². The lowest BCUT2D eigenvalue weighted by atomic mass is 9.90. The number of para-hydroxylation sites is 2. The minimum atomic E-state index is 0.254. The number of halogens is 1. The predicted molar refractivity (Wildman–Crippen MR) is 151 cm³/mol. The number of aryl methyl sites for hydroxylation is 1. The summed E-state index contributed by atoms with van der Waals surface area (Å²) in [6.07, 6.45) is 7.03. The molecule has 2 N–H and O–H groups in total. The first-order valence-corrected chi connectivity index (χ1v) is 13.6. The second kappa shape index (κ2) is 11.4. The number of imidazole rings is 1. The van der Waals surface area contributed by atoms with E-state index in [1.54, 1.807) is 12.3 Å². The number of rotatable bonds is 9. The highest BCUT2D eigenvalue weighted by Crippen LogP contribution is 2.34. The van der Waals surface area contributed by atoms with Gasteiger partial charge in [-0.25, -0.2) is 4.98 Å². The molecule has 1 aliphatic rings. The summed E-state index contributed by atoms with van der Waals surface area (Å²) in [6, 6.07) is 25.3. The van der Waals surface area contributed by atoms with Crippen molar-refractivity contribution >= 4 is 22.6 Å². The van der Waals surface area contributed by atoms with Crippen LogP contribution in [0.25, 0.3) is 11.0 Å². The molecule has 6 nitrogen and oxygen atoms in total. The van der Waals surface area contributed by atoms with Crippen LogP contribution in [0.1, 0.15) is 52.8 Å². The number of hydrogen-bond acceptors (Lipinski definition) is 5. The van der Waals surface area contributed by atoms with Gasteiger partial charge < -0.3 is 10.3 Å². The van der Waals surface area contributed by atoms with E-state index in [9.17, 15) is 0 Å². The summed E-state index contributed by atoms with van der Waals surface area (Å²) in [4.78, 5) is 20.2. The number of hydrogen-bond donors (Lipinski definition) is 2. The number of fused-ring (bicyclic) bond motifs is 2. The van der Waals surface area contributed by atoms with E-state index in [1.165, 1.54) is 28.8 Å². The third-order valence-electron chi connectivity index (χ3n) is 7.19. The lowest BCUT2D eigenvalue weighted by Crippen LogP contribution is -2.32. The van der Waals surface area contributed by atoms with Crippen LogP contribution in [-0.2, 0) is 32.6 Å². The van der Waals surface area contributed by atoms with Crippen molar-refractivity contribution < 1.29 is 0 Å². The SMILES string of the molecule is Clc1ccnc(CNCc2cccc(CN(Cc3nc4ccccc4[nH]3)C3CCCc4cccnc43)c2)c1. The van der Waals surface area contributed by atoms with Crippen LogP contribution < -0.4 is 5.32 Å². The predicted octanol–water partition coefficient (Wildman–Crippen LogP) is 6.38. The van der Waals surface area contributed by atoms with E-state index in [4.69, 9.17) is 21.6 Å². The number of aromatic amines is 1. The molecule has 0 spiro atoms. The highest BCUT2D eigenvalue weighted by Gasteiger charge is 2.28. The highest BCUT2D eigenvalue weighted by atomic mass is 35.5. The molecule has 3 aromatic heterocycles. The zero-order valence-electron chi connectivity index (χ0n) is 21.3. The average molecular weight is 523 g/mol. The molecule has 0 bridgehead atoms. The van der Waals surface area contributed by atoms with Crippen molar-refractivity contribution in [3.8, 4) is 0 Å². The summed E-state index contributed by atoms with van der Waals surface area (Å²) in [5.74, 6) is 0.987. The normalized spacial score (nSPS) is 15.2. The Balaban J connectivity index is 1.22. The third-order valence-corrected chi connectivity index (χ3v) is 7.42. The molecule has 38 heavy (non-hydrogen) atoms. The lowest BCUT2D eigenvalue weighted by Gasteiger charge is -2.34. The Morgan fingerprint density at radius 1 is 0.895 bits per heavy atom. The second-order valence-electron chi connectivity index (χ2n) is 9.95. The van der Waals surface area contributed by atoms with E-state index >= 15 is 0 Å². The maximum Gasteiger partial charge on any atom is 0.121 e. The monoisotopic (exact) mass is 522 g/mol. The first-order valence-electron chi connectivity index (χ1n) is 13.2. The molecular weight excluding hydrogens is 492 g/mol. The van der Waals surface area contributed by atoms with Gasteiger partial charge in [-0.2, -0.15) is 0 Å². The van der Waals surface area contributed by atoms with Crippen LogP contribution in [0.4, 0.5) is 0 Å². The number of nitrogens with zero attached hydrogens (tertiary/aromatic N) is 4. The minimum absolute atomic E-state index is 0.254. The van der Waals surface area contributed by atoms with Crippen LogP contribution in [0.15, 0.2) is 85.2 Å². The average Bonchev–Trinajstić information content (AvgIpc) is 3.35. The standard InChI is InChI=1S/C31H31ClN6/c32-25-13-15-34-26(17-25)19-33-18-22-6-3-7-23(16-22)20-38(21-30-36-27-10-1-2-11-28(27)37-30)29-12-4-8-24-9-5-14-35-31(24)29/h1-3,5-7,9-11,13-17,29,33H,4,8,12,18-21H2,(H,36,37). The number of aromatic nitrogens is 4. The zero-order valence-corrected chi connectivity index (χ0v) is 22.0. The number of benzene rings is 2. The molecule has 1 unspecified atom stereocenters. The Labute approximate surface area is 228 Å². The van der Waals surface area contributed by atoms with E-state index in [1.807, 2.05) is 24.4 Å². The van der Waals surface area contributed by atoms with E-state index in [0.717, 1.165) is 55.0 Å². The van der Waals surface area contributed by atoms with Crippen molar-refractivity contribution in [2.45, 2.75) is 51.5 Å². The molecular formula is C31H31ClN6. The third kappa shape index (κ3) is 5.78. The molecule has 7 heteroatoms. The first-order chi connectivity index (χ1) is 18.7. The molecule has 0 saturated heterocycles. The van der Waals surface area contributed by atoms with Crippen LogP contribution in [0, 0.1) is 0 Å². The Bertz CT molecular complexity index is 1500. The van der Waals surface area contributed by atoms with Gasteiger partial charge in [-0.15, -0.1) is 0 Å². The number of H-pyrrole nitrogens is 1. The summed E-state index contributed by atoms with van der Waals surface area (Å²) in [6.45, 7) is 2.99. The summed E-state index contributed by atoms with van der Waals surface area (Å²) >= 11 is 6.10. The van der Waals surface area contributed by atoms with E-state index in [0.29, 0.717) is 11.6 Å². The molecule has 2 aromatic carbocycles. The second-order valence-corrected chi connectivity index (χ2v) is 10.4. The summed E-state index contributed by atoms with van der Waals surface area (Å²) in [7, 11) is 0. The van der Waals surface area contributed by atoms with Crippen molar-refractivity contribution in [3.05, 3.63) is 124 Å². The summed E-state index contributed by atoms with van der Waals surface area (Å²) < 4.78 is 0. The zero-order chi connectivity index (χ0) is 25.7. The van der Waals surface area contributed by atoms with Crippen LogP contribution in [-0.4, -0.2) is 24.8 Å². The number of pyridine rings is 2. The molecule has 3 heterocycles. The fraction of sp³-hybridized carbons (Fsp3) is 0.258. The first kappa shape index (κ1) is 24.7. The van der Waals surface area contributed by atoms with Crippen molar-refractivity contribution in [2.24, 2.45) is 0 Å². The largest absolute Gasteiger partial charge is 0.341 e. The molecule has 192 valence electrons. The Morgan fingerprint density at radius 2 is 1.82 bits per heavy atom. The smallest absolute Gasteiger partial charge is 0.121 e. The highest BCUT2D eigenvalue weighted by molar-refractivity contribution is 6.30. The van der Waals surface area contributed by atoms with Gasteiger partial charge in [-0.1, -0.05) is 54.1 Å². The van der Waals surface area contributed by atoms with E-state index < -0.39 is 0 Å². The molecule has 0 saturated carbocycles. The Morgan fingerprint density at radius 3 is 2.74 bits per heavy atom. The van der Waals surface area contributed by atoms with Crippen molar-refractivity contribution in [1.29, 1.82) is 0 Å². The van der Waals surface area contributed by atoms with Gasteiger partial charge in [0.05, 0.1) is 35.0 Å². The maximum atomic E-state index is 6.10. The molecule has 0 amide bonds. The van der Waals surface area contributed by atoms with Crippen molar-refractivity contribution in [2.75, 3.05) is 0 Å². The molecule has 1 aliphatic carbocycles. The van der Waals surface area contributed by atoms with Crippen LogP contribution in [0.5, 0.6) is 0 Å². The molecule has 6 rings (SSSR count). The minimum Gasteiger partial charge on any atom is -0.341 e. The molecule has 0 fully saturated rings. The Hall–Kier alpha value is -3.58. The fourth-order valence-corrected chi connectivity index (χ4v) is 5.62. The molecule has 0 aliphatic heterocycles. The van der Waals surface area contributed by atoms with E-state index in [2.05, 4.69) is 68.7 Å². The van der Waals surface area contributed by atoms with Gasteiger partial charge in [0.2, 0.25) is 0 Å². The lowest BCUT2D eigenvalue weighted by molar-refractivity contribution is 0.153. The van der Waals surface area contributed by atoms with E-state index in [-0.39, 0.29) is 6.04 Å². The van der Waals surface area contributed by atoms with Gasteiger partial charge in [0.15, 0.2) is 0 Å². The van der Waals surface area contributed by atoms with Gasteiger partial charge >= 0.3 is 0 Å². The summed E-state index contributed by atoms with van der Waals surface area (Å²) in [5.41, 5.74) is 8.13. The van der Waals surface area contributed by atoms with Gasteiger partial charge in [-0.05, 0) is 66.3 Å². The van der Waals surface area contributed by atoms with Gasteiger partial charge in [-0.3, -0.25) is 14.9 Å². The van der Waals surface area contributed by atoms with Crippen molar-refractivity contribution in [3.63, 3.8) is 0 Å². The molecule has 0 radical (unpaired) electrons. The fourth-order valence-electron chi connectivity index (χ4n) is 5.44. The van der Waals surface area contributed by atoms with Crippen LogP contribution in [0.3, 0.4) is 0 Å². The van der Waals surface area contributed by atoms with Crippen molar-refractivity contribution in [1.82, 2.24) is 30.2 Å². The maximum absolute atomic E-state index is 6.10. The summed E-state index contributed by atoms with van der Waals surface area (Å²) in [5, 5.41) is 4.21. The molecule has 1 atom stereocenters. The Kier molecular flexibility index (Phi) is 7.45. The van der Waals surface area contributed by atoms with Crippen LogP contribution >= 0.6 is 11.6 Å². The number of nitrogens with one attached hydrogen (secondary N) is 2. The quantitative estimate of drug-likeness (QED) is 0.235. The molecule has 5 aromatic rings. The van der Waals surface area contributed by atoms with Crippen LogP contribution in [0.2, 0.25) is 5.02 Å². The van der Waals surface area contributed by atoms with Gasteiger partial charge in [0, 0.05) is 37.1 Å².